The lowest BCUT2D eigenvalue weighted by Crippen LogP contribution is -2.08. The number of rotatable bonds is 4. The van der Waals surface area contributed by atoms with E-state index >= 15 is 0 Å². The molecule has 0 spiro atoms. The molecule has 4 nitrogen and oxygen atoms in total. The molecule has 2 aromatic rings. The highest BCUT2D eigenvalue weighted by molar-refractivity contribution is 5.50. The molecule has 0 amide bonds. The Morgan fingerprint density at radius 1 is 1.32 bits per heavy atom. The largest absolute Gasteiger partial charge is 0.439 e. The summed E-state index contributed by atoms with van der Waals surface area (Å²) in [6.07, 6.45) is 1.06. The highest BCUT2D eigenvalue weighted by Crippen LogP contribution is 2.26. The number of ether oxygens (including phenoxy) is 1. The third-order valence-corrected chi connectivity index (χ3v) is 2.61. The van der Waals surface area contributed by atoms with Gasteiger partial charge in [-0.25, -0.2) is 9.37 Å². The minimum Gasteiger partial charge on any atom is -0.439 e. The molecule has 1 aromatic carbocycles. The van der Waals surface area contributed by atoms with Gasteiger partial charge in [-0.15, -0.1) is 0 Å². The normalized spacial score (nSPS) is 10.3. The minimum atomic E-state index is -0.501. The van der Waals surface area contributed by atoms with Crippen molar-refractivity contribution in [1.29, 1.82) is 0 Å². The van der Waals surface area contributed by atoms with E-state index in [0.29, 0.717) is 11.3 Å². The molecular weight excluding hydrogens is 247 g/mol. The predicted octanol–water partition coefficient (Wildman–Crippen LogP) is 2.57. The Hall–Kier alpha value is -2.14. The van der Waals surface area contributed by atoms with Gasteiger partial charge in [0.25, 0.3) is 0 Å². The first-order valence-electron chi connectivity index (χ1n) is 5.80. The summed E-state index contributed by atoms with van der Waals surface area (Å²) in [5.41, 5.74) is 1.29. The third kappa shape index (κ3) is 3.20. The number of aliphatic hydroxyl groups is 1. The molecule has 0 unspecified atom stereocenters. The van der Waals surface area contributed by atoms with Crippen LogP contribution in [-0.4, -0.2) is 24.2 Å². The van der Waals surface area contributed by atoms with Gasteiger partial charge in [0, 0.05) is 31.4 Å². The van der Waals surface area contributed by atoms with E-state index in [4.69, 9.17) is 9.84 Å². The Labute approximate surface area is 111 Å². The fourth-order valence-electron chi connectivity index (χ4n) is 1.61. The van der Waals surface area contributed by atoms with Crippen LogP contribution < -0.4 is 9.64 Å². The Morgan fingerprint density at radius 2 is 2.11 bits per heavy atom. The van der Waals surface area contributed by atoms with E-state index < -0.39 is 5.82 Å². The molecule has 19 heavy (non-hydrogen) atoms. The van der Waals surface area contributed by atoms with Crippen molar-refractivity contribution < 1.29 is 14.2 Å². The average molecular weight is 262 g/mol. The number of anilines is 1. The van der Waals surface area contributed by atoms with Crippen LogP contribution >= 0.6 is 0 Å². The second kappa shape index (κ2) is 5.67. The molecule has 0 aliphatic heterocycles. The van der Waals surface area contributed by atoms with Crippen molar-refractivity contribution in [2.24, 2.45) is 0 Å². The average Bonchev–Trinajstić information content (AvgIpc) is 2.41. The van der Waals surface area contributed by atoms with Crippen LogP contribution in [-0.2, 0) is 6.61 Å². The van der Waals surface area contributed by atoms with Gasteiger partial charge >= 0.3 is 0 Å². The van der Waals surface area contributed by atoms with Crippen molar-refractivity contribution >= 4 is 5.69 Å². The van der Waals surface area contributed by atoms with E-state index in [0.717, 1.165) is 11.9 Å². The van der Waals surface area contributed by atoms with Crippen molar-refractivity contribution in [2.75, 3.05) is 19.0 Å². The first-order valence-corrected chi connectivity index (χ1v) is 5.80. The molecule has 0 saturated heterocycles. The van der Waals surface area contributed by atoms with E-state index in [9.17, 15) is 4.39 Å². The fraction of sp³-hybridized carbons (Fsp3) is 0.214. The van der Waals surface area contributed by atoms with E-state index in [1.54, 1.807) is 6.07 Å². The Bertz CT molecular complexity index is 573. The molecule has 0 saturated carbocycles. The zero-order valence-corrected chi connectivity index (χ0v) is 10.8. The highest BCUT2D eigenvalue weighted by atomic mass is 19.1. The maximum atomic E-state index is 13.0. The molecule has 100 valence electrons. The maximum absolute atomic E-state index is 13.0. The molecule has 1 N–H and O–H groups in total. The van der Waals surface area contributed by atoms with E-state index in [2.05, 4.69) is 4.98 Å². The summed E-state index contributed by atoms with van der Waals surface area (Å²) in [4.78, 5) is 5.79. The van der Waals surface area contributed by atoms with Gasteiger partial charge in [-0.3, -0.25) is 0 Å². The number of hydrogen-bond donors (Lipinski definition) is 1. The Morgan fingerprint density at radius 3 is 2.79 bits per heavy atom. The molecule has 0 aliphatic carbocycles. The van der Waals surface area contributed by atoms with Crippen LogP contribution in [0.15, 0.2) is 36.5 Å². The molecular formula is C14H15FN2O2. The van der Waals surface area contributed by atoms with Crippen LogP contribution in [0.25, 0.3) is 0 Å². The number of nitrogens with zero attached hydrogens (tertiary/aromatic N) is 2. The van der Waals surface area contributed by atoms with Gasteiger partial charge in [0.1, 0.15) is 11.6 Å². The lowest BCUT2D eigenvalue weighted by Gasteiger charge is -2.14. The number of benzene rings is 1. The van der Waals surface area contributed by atoms with Crippen molar-refractivity contribution in [3.05, 3.63) is 47.9 Å². The summed E-state index contributed by atoms with van der Waals surface area (Å²) >= 11 is 0. The molecule has 1 aromatic heterocycles. The third-order valence-electron chi connectivity index (χ3n) is 2.61. The second-order valence-electron chi connectivity index (χ2n) is 4.27. The summed E-state index contributed by atoms with van der Waals surface area (Å²) in [5, 5.41) is 9.17. The summed E-state index contributed by atoms with van der Waals surface area (Å²) in [6, 6.07) is 8.62. The van der Waals surface area contributed by atoms with Gasteiger partial charge in [0.05, 0.1) is 12.8 Å². The van der Waals surface area contributed by atoms with Gasteiger partial charge < -0.3 is 14.7 Å². The van der Waals surface area contributed by atoms with Gasteiger partial charge in [-0.05, 0) is 18.2 Å². The minimum absolute atomic E-state index is 0.208. The van der Waals surface area contributed by atoms with E-state index in [1.165, 1.54) is 6.07 Å². The zero-order valence-electron chi connectivity index (χ0n) is 10.8. The predicted molar refractivity (Wildman–Crippen MR) is 71.0 cm³/mol. The molecule has 0 aliphatic rings. The molecule has 5 heteroatoms. The van der Waals surface area contributed by atoms with Crippen molar-refractivity contribution in [1.82, 2.24) is 4.98 Å². The van der Waals surface area contributed by atoms with Crippen molar-refractivity contribution in [2.45, 2.75) is 6.61 Å². The smallest absolute Gasteiger partial charge is 0.224 e. The van der Waals surface area contributed by atoms with Gasteiger partial charge in [0.15, 0.2) is 0 Å². The number of aromatic nitrogens is 1. The van der Waals surface area contributed by atoms with Gasteiger partial charge in [0.2, 0.25) is 5.88 Å². The number of halogens is 1. The quantitative estimate of drug-likeness (QED) is 0.919. The van der Waals surface area contributed by atoms with Gasteiger partial charge in [-0.1, -0.05) is 6.07 Å². The first-order chi connectivity index (χ1) is 9.10. The van der Waals surface area contributed by atoms with E-state index in [-0.39, 0.29) is 12.5 Å². The maximum Gasteiger partial charge on any atom is 0.224 e. The monoisotopic (exact) mass is 262 g/mol. The standard InChI is InChI=1S/C14H15FN2O2/c1-17(2)12-4-3-5-13(7-12)19-14-10(9-18)6-11(15)8-16-14/h3-8,18H,9H2,1-2H3. The van der Waals surface area contributed by atoms with Crippen LogP contribution in [0.4, 0.5) is 10.1 Å². The number of hydrogen-bond acceptors (Lipinski definition) is 4. The molecule has 0 fully saturated rings. The SMILES string of the molecule is CN(C)c1cccc(Oc2ncc(F)cc2CO)c1. The fourth-order valence-corrected chi connectivity index (χ4v) is 1.61. The van der Waals surface area contributed by atoms with Crippen molar-refractivity contribution in [3.63, 3.8) is 0 Å². The first kappa shape index (κ1) is 13.3. The van der Waals surface area contributed by atoms with Crippen LogP contribution in [0.3, 0.4) is 0 Å². The molecule has 1 heterocycles. The zero-order chi connectivity index (χ0) is 13.8. The molecule has 0 radical (unpaired) electrons. The summed E-state index contributed by atoms with van der Waals surface area (Å²) in [6.45, 7) is -0.326. The lowest BCUT2D eigenvalue weighted by atomic mass is 10.2. The topological polar surface area (TPSA) is 45.6 Å². The van der Waals surface area contributed by atoms with Crippen LogP contribution in [0.2, 0.25) is 0 Å². The Balaban J connectivity index is 2.28. The summed E-state index contributed by atoms with van der Waals surface area (Å²) < 4.78 is 18.6. The van der Waals surface area contributed by atoms with Crippen molar-refractivity contribution in [3.8, 4) is 11.6 Å². The Kier molecular flexibility index (Phi) is 3.97. The molecule has 2 rings (SSSR count). The number of pyridine rings is 1. The molecule has 0 bridgehead atoms. The summed E-state index contributed by atoms with van der Waals surface area (Å²) in [5.74, 6) is 0.290. The summed E-state index contributed by atoms with van der Waals surface area (Å²) in [7, 11) is 3.85. The van der Waals surface area contributed by atoms with Crippen LogP contribution in [0.5, 0.6) is 11.6 Å². The highest BCUT2D eigenvalue weighted by Gasteiger charge is 2.08. The lowest BCUT2D eigenvalue weighted by molar-refractivity contribution is 0.274. The second-order valence-corrected chi connectivity index (χ2v) is 4.27. The number of aliphatic hydroxyl groups excluding tert-OH is 1. The van der Waals surface area contributed by atoms with Crippen LogP contribution in [0, 0.1) is 5.82 Å². The molecule has 0 atom stereocenters. The van der Waals surface area contributed by atoms with E-state index in [1.807, 2.05) is 37.2 Å². The van der Waals surface area contributed by atoms with Gasteiger partial charge in [-0.2, -0.15) is 0 Å². The van der Waals surface area contributed by atoms with Crippen LogP contribution in [0.1, 0.15) is 5.56 Å².